The molecule has 5 nitrogen and oxygen atoms in total. The van der Waals surface area contributed by atoms with Gasteiger partial charge in [0.2, 0.25) is 5.91 Å². The molecule has 2 N–H and O–H groups in total. The van der Waals surface area contributed by atoms with Crippen LogP contribution in [0.3, 0.4) is 0 Å². The first-order chi connectivity index (χ1) is 16.2. The Morgan fingerprint density at radius 1 is 0.943 bits per heavy atom. The monoisotopic (exact) mass is 507 g/mol. The van der Waals surface area contributed by atoms with E-state index in [4.69, 9.17) is 0 Å². The van der Waals surface area contributed by atoms with Crippen molar-refractivity contribution in [3.8, 4) is 0 Å². The van der Waals surface area contributed by atoms with E-state index >= 15 is 0 Å². The number of amides is 2. The number of carbonyl (C=O) groups excluding carboxylic acids is 2. The number of likely N-dealkylation sites (tertiary alicyclic amines) is 1. The standard InChI is InChI=1S/C24H31F6N3O2/c1-22(7-3-2-4-8-22)32-20(34)15-33-9-5-16(6-10-33)14-31-21(35)17-11-18(23(25,26)27)13-19(12-17)24(28,29)30/h11-13,16H,2-10,14-15H2,1H3,(H,31,35)(H,32,34). The number of rotatable bonds is 6. The van der Waals surface area contributed by atoms with Gasteiger partial charge in [-0.3, -0.25) is 14.5 Å². The molecule has 1 aliphatic carbocycles. The van der Waals surface area contributed by atoms with Crippen molar-refractivity contribution in [1.29, 1.82) is 0 Å². The number of piperidine rings is 1. The Morgan fingerprint density at radius 2 is 1.49 bits per heavy atom. The summed E-state index contributed by atoms with van der Waals surface area (Å²) in [6.07, 6.45) is -3.38. The second-order valence-corrected chi connectivity index (χ2v) is 9.89. The maximum atomic E-state index is 13.0. The molecule has 3 rings (SSSR count). The minimum absolute atomic E-state index is 0.00268. The van der Waals surface area contributed by atoms with Crippen LogP contribution in [0.15, 0.2) is 18.2 Å². The first-order valence-electron chi connectivity index (χ1n) is 11.9. The molecule has 0 unspecified atom stereocenters. The Kier molecular flexibility index (Phi) is 8.39. The molecule has 2 aliphatic rings. The van der Waals surface area contributed by atoms with Crippen LogP contribution in [-0.2, 0) is 17.1 Å². The number of hydrogen-bond donors (Lipinski definition) is 2. The zero-order valence-corrected chi connectivity index (χ0v) is 19.6. The van der Waals surface area contributed by atoms with Crippen LogP contribution in [0.5, 0.6) is 0 Å². The van der Waals surface area contributed by atoms with E-state index < -0.39 is 35.0 Å². The van der Waals surface area contributed by atoms with Crippen molar-refractivity contribution in [3.63, 3.8) is 0 Å². The van der Waals surface area contributed by atoms with Crippen LogP contribution in [0.2, 0.25) is 0 Å². The quantitative estimate of drug-likeness (QED) is 0.533. The lowest BCUT2D eigenvalue weighted by molar-refractivity contribution is -0.143. The van der Waals surface area contributed by atoms with E-state index in [-0.39, 0.29) is 36.5 Å². The second-order valence-electron chi connectivity index (χ2n) is 9.89. The molecule has 1 saturated carbocycles. The summed E-state index contributed by atoms with van der Waals surface area (Å²) in [5.74, 6) is -0.989. The Hall–Kier alpha value is -2.30. The number of hydrogen-bond acceptors (Lipinski definition) is 3. The molecule has 0 bridgehead atoms. The molecule has 1 saturated heterocycles. The van der Waals surface area contributed by atoms with Crippen molar-refractivity contribution >= 4 is 11.8 Å². The Morgan fingerprint density at radius 3 is 2.00 bits per heavy atom. The molecule has 2 amide bonds. The minimum Gasteiger partial charge on any atom is -0.352 e. The summed E-state index contributed by atoms with van der Waals surface area (Å²) < 4.78 is 78.1. The molecule has 196 valence electrons. The van der Waals surface area contributed by atoms with Crippen molar-refractivity contribution in [1.82, 2.24) is 15.5 Å². The van der Waals surface area contributed by atoms with Crippen LogP contribution in [0.4, 0.5) is 26.3 Å². The fourth-order valence-electron chi connectivity index (χ4n) is 4.81. The molecule has 0 spiro atoms. The highest BCUT2D eigenvalue weighted by Crippen LogP contribution is 2.36. The molecule has 1 aromatic carbocycles. The average molecular weight is 508 g/mol. The van der Waals surface area contributed by atoms with Crippen molar-refractivity contribution in [2.75, 3.05) is 26.2 Å². The predicted molar refractivity (Wildman–Crippen MR) is 118 cm³/mol. The zero-order valence-electron chi connectivity index (χ0n) is 19.6. The minimum atomic E-state index is -5.01. The maximum Gasteiger partial charge on any atom is 0.416 e. The van der Waals surface area contributed by atoms with Crippen LogP contribution in [0.25, 0.3) is 0 Å². The van der Waals surface area contributed by atoms with E-state index in [1.165, 1.54) is 6.42 Å². The molecule has 1 aromatic rings. The molecule has 1 heterocycles. The summed E-state index contributed by atoms with van der Waals surface area (Å²) >= 11 is 0. The zero-order chi connectivity index (χ0) is 25.9. The van der Waals surface area contributed by atoms with Crippen LogP contribution < -0.4 is 10.6 Å². The second kappa shape index (κ2) is 10.8. The van der Waals surface area contributed by atoms with Gasteiger partial charge < -0.3 is 10.6 Å². The Balaban J connectivity index is 1.49. The third-order valence-corrected chi connectivity index (χ3v) is 6.87. The van der Waals surface area contributed by atoms with E-state index in [0.29, 0.717) is 38.1 Å². The van der Waals surface area contributed by atoms with Crippen molar-refractivity contribution in [3.05, 3.63) is 34.9 Å². The molecule has 35 heavy (non-hydrogen) atoms. The van der Waals surface area contributed by atoms with Crippen molar-refractivity contribution in [2.45, 2.75) is 69.8 Å². The number of nitrogens with one attached hydrogen (secondary N) is 2. The Bertz CT molecular complexity index is 869. The van der Waals surface area contributed by atoms with E-state index in [1.54, 1.807) is 0 Å². The van der Waals surface area contributed by atoms with Gasteiger partial charge in [-0.05, 0) is 69.8 Å². The Labute approximate surface area is 200 Å². The van der Waals surface area contributed by atoms with Crippen LogP contribution in [-0.4, -0.2) is 48.4 Å². The van der Waals surface area contributed by atoms with Crippen LogP contribution >= 0.6 is 0 Å². The highest BCUT2D eigenvalue weighted by Gasteiger charge is 2.37. The summed E-state index contributed by atoms with van der Waals surface area (Å²) in [5.41, 5.74) is -3.89. The molecule has 0 aromatic heterocycles. The molecular formula is C24H31F6N3O2. The average Bonchev–Trinajstić information content (AvgIpc) is 2.77. The third kappa shape index (κ3) is 7.85. The molecule has 0 radical (unpaired) electrons. The normalized spacial score (nSPS) is 19.9. The smallest absolute Gasteiger partial charge is 0.352 e. The van der Waals surface area contributed by atoms with Gasteiger partial charge in [0.25, 0.3) is 5.91 Å². The summed E-state index contributed by atoms with van der Waals surface area (Å²) in [5, 5.41) is 5.61. The lowest BCUT2D eigenvalue weighted by Gasteiger charge is -2.36. The lowest BCUT2D eigenvalue weighted by atomic mass is 9.83. The summed E-state index contributed by atoms with van der Waals surface area (Å²) in [7, 11) is 0. The number of nitrogens with zero attached hydrogens (tertiary/aromatic N) is 1. The topological polar surface area (TPSA) is 61.4 Å². The fourth-order valence-corrected chi connectivity index (χ4v) is 4.81. The number of alkyl halides is 6. The van der Waals surface area contributed by atoms with Gasteiger partial charge in [-0.1, -0.05) is 19.3 Å². The van der Waals surface area contributed by atoms with Gasteiger partial charge in [-0.15, -0.1) is 0 Å². The van der Waals surface area contributed by atoms with Gasteiger partial charge in [0.1, 0.15) is 0 Å². The van der Waals surface area contributed by atoms with E-state index in [9.17, 15) is 35.9 Å². The van der Waals surface area contributed by atoms with E-state index in [2.05, 4.69) is 17.6 Å². The van der Waals surface area contributed by atoms with Gasteiger partial charge in [0.05, 0.1) is 17.7 Å². The molecule has 0 atom stereocenters. The first-order valence-corrected chi connectivity index (χ1v) is 11.9. The number of benzene rings is 1. The summed E-state index contributed by atoms with van der Waals surface area (Å²) in [6, 6.07) is 0.856. The van der Waals surface area contributed by atoms with Crippen LogP contribution in [0, 0.1) is 5.92 Å². The summed E-state index contributed by atoms with van der Waals surface area (Å²) in [4.78, 5) is 26.8. The van der Waals surface area contributed by atoms with E-state index in [1.807, 2.05) is 4.90 Å². The SMILES string of the molecule is CC1(NC(=O)CN2CCC(CNC(=O)c3cc(C(F)(F)F)cc(C(F)(F)F)c3)CC2)CCCCC1. The van der Waals surface area contributed by atoms with Gasteiger partial charge in [0.15, 0.2) is 0 Å². The predicted octanol–water partition coefficient (Wildman–Crippen LogP) is 5.01. The summed E-state index contributed by atoms with van der Waals surface area (Å²) in [6.45, 7) is 3.72. The van der Waals surface area contributed by atoms with Gasteiger partial charge in [-0.25, -0.2) is 0 Å². The lowest BCUT2D eigenvalue weighted by Crippen LogP contribution is -2.51. The maximum absolute atomic E-state index is 13.0. The van der Waals surface area contributed by atoms with E-state index in [0.717, 1.165) is 25.7 Å². The van der Waals surface area contributed by atoms with Crippen molar-refractivity contribution < 1.29 is 35.9 Å². The van der Waals surface area contributed by atoms with Gasteiger partial charge in [0, 0.05) is 17.6 Å². The molecule has 1 aliphatic heterocycles. The van der Waals surface area contributed by atoms with Gasteiger partial charge in [-0.2, -0.15) is 26.3 Å². The largest absolute Gasteiger partial charge is 0.416 e. The van der Waals surface area contributed by atoms with Gasteiger partial charge >= 0.3 is 12.4 Å². The first kappa shape index (κ1) is 27.3. The fraction of sp³-hybridized carbons (Fsp3) is 0.667. The molecule has 11 heteroatoms. The van der Waals surface area contributed by atoms with Crippen LogP contribution in [0.1, 0.15) is 73.4 Å². The number of carbonyl (C=O) groups is 2. The highest BCUT2D eigenvalue weighted by atomic mass is 19.4. The molecule has 2 fully saturated rings. The molecular weight excluding hydrogens is 476 g/mol. The highest BCUT2D eigenvalue weighted by molar-refractivity contribution is 5.94. The number of halogens is 6. The third-order valence-electron chi connectivity index (χ3n) is 6.87. The van der Waals surface area contributed by atoms with Crippen molar-refractivity contribution in [2.24, 2.45) is 5.92 Å².